The van der Waals surface area contributed by atoms with E-state index in [9.17, 15) is 0 Å². The lowest BCUT2D eigenvalue weighted by molar-refractivity contribution is 0.215. The normalized spacial score (nSPS) is 33.6. The Morgan fingerprint density at radius 3 is 1.57 bits per heavy atom. The molecule has 2 rings (SSSR count). The Labute approximate surface area is 90.5 Å². The molecule has 0 heteroatoms. The molecule has 2 aliphatic carbocycles. The lowest BCUT2D eigenvalue weighted by atomic mass is 9.76. The first-order valence-corrected chi connectivity index (χ1v) is 6.86. The topological polar surface area (TPSA) is 0 Å². The molecule has 0 saturated heterocycles. The second-order valence-electron chi connectivity index (χ2n) is 5.06. The van der Waals surface area contributed by atoms with Crippen LogP contribution in [0.4, 0.5) is 0 Å². The van der Waals surface area contributed by atoms with Crippen LogP contribution in [0, 0.1) is 17.8 Å². The van der Waals surface area contributed by atoms with E-state index in [4.69, 9.17) is 0 Å². The fourth-order valence-corrected chi connectivity index (χ4v) is 3.19. The van der Waals surface area contributed by atoms with Gasteiger partial charge in [-0.3, -0.25) is 0 Å². The van der Waals surface area contributed by atoms with E-state index >= 15 is 0 Å². The molecule has 0 unspecified atom stereocenters. The van der Waals surface area contributed by atoms with Gasteiger partial charge in [0, 0.05) is 0 Å². The van der Waals surface area contributed by atoms with Crippen LogP contribution in [-0.2, 0) is 0 Å². The molecule has 0 aromatic carbocycles. The largest absolute Gasteiger partial charge is 0.0683 e. The van der Waals surface area contributed by atoms with E-state index in [0.29, 0.717) is 0 Å². The zero-order valence-corrected chi connectivity index (χ0v) is 10.4. The van der Waals surface area contributed by atoms with Crippen LogP contribution in [0.1, 0.15) is 72.1 Å². The van der Waals surface area contributed by atoms with Crippen LogP contribution in [0.15, 0.2) is 0 Å². The molecule has 2 aliphatic rings. The molecule has 84 valence electrons. The second kappa shape index (κ2) is 6.48. The van der Waals surface area contributed by atoms with Gasteiger partial charge in [-0.15, -0.1) is 0 Å². The average Bonchev–Trinajstić information content (AvgIpc) is 2.75. The van der Waals surface area contributed by atoms with Crippen molar-refractivity contribution in [3.05, 3.63) is 0 Å². The summed E-state index contributed by atoms with van der Waals surface area (Å²) in [4.78, 5) is 0. The Balaban J connectivity index is 0.000000461. The van der Waals surface area contributed by atoms with E-state index in [1.165, 1.54) is 25.7 Å². The fraction of sp³-hybridized carbons (Fsp3) is 1.00. The Hall–Kier alpha value is 0. The van der Waals surface area contributed by atoms with Crippen molar-refractivity contribution in [2.45, 2.75) is 72.1 Å². The second-order valence-corrected chi connectivity index (χ2v) is 5.06. The van der Waals surface area contributed by atoms with Gasteiger partial charge in [-0.1, -0.05) is 59.3 Å². The predicted molar refractivity (Wildman–Crippen MR) is 64.4 cm³/mol. The highest BCUT2D eigenvalue weighted by molar-refractivity contribution is 4.79. The van der Waals surface area contributed by atoms with Crippen molar-refractivity contribution in [3.63, 3.8) is 0 Å². The summed E-state index contributed by atoms with van der Waals surface area (Å²) < 4.78 is 0. The average molecular weight is 196 g/mol. The molecule has 0 atom stereocenters. The summed E-state index contributed by atoms with van der Waals surface area (Å²) in [6.07, 6.45) is 12.3. The molecule has 0 spiro atoms. The summed E-state index contributed by atoms with van der Waals surface area (Å²) in [6.45, 7) is 6.42. The quantitative estimate of drug-likeness (QED) is 0.552. The van der Waals surface area contributed by atoms with Gasteiger partial charge in [-0.2, -0.15) is 0 Å². The first-order chi connectivity index (χ1) is 6.86. The Bertz CT molecular complexity index is 125. The van der Waals surface area contributed by atoms with Gasteiger partial charge in [0.05, 0.1) is 0 Å². The van der Waals surface area contributed by atoms with Gasteiger partial charge < -0.3 is 0 Å². The molecule has 0 aromatic heterocycles. The van der Waals surface area contributed by atoms with Crippen LogP contribution in [0.2, 0.25) is 0 Å². The molecular weight excluding hydrogens is 168 g/mol. The monoisotopic (exact) mass is 196 g/mol. The van der Waals surface area contributed by atoms with Crippen molar-refractivity contribution in [3.8, 4) is 0 Å². The summed E-state index contributed by atoms with van der Waals surface area (Å²) >= 11 is 0. The van der Waals surface area contributed by atoms with E-state index in [1.54, 1.807) is 25.7 Å². The van der Waals surface area contributed by atoms with E-state index in [0.717, 1.165) is 17.8 Å². The summed E-state index contributed by atoms with van der Waals surface area (Å²) in [5.41, 5.74) is 0. The highest BCUT2D eigenvalue weighted by Crippen LogP contribution is 2.40. The molecule has 2 fully saturated rings. The van der Waals surface area contributed by atoms with Crippen molar-refractivity contribution in [2.75, 3.05) is 0 Å². The SMILES string of the molecule is CC.CC1CCC(C2CCCC2)CC1. The van der Waals surface area contributed by atoms with Crippen LogP contribution in [0.5, 0.6) is 0 Å². The lowest BCUT2D eigenvalue weighted by Gasteiger charge is -2.30. The zero-order chi connectivity index (χ0) is 10.4. The van der Waals surface area contributed by atoms with Gasteiger partial charge in [0.1, 0.15) is 0 Å². The Morgan fingerprint density at radius 1 is 0.643 bits per heavy atom. The molecule has 0 radical (unpaired) electrons. The molecule has 2 saturated carbocycles. The van der Waals surface area contributed by atoms with E-state index in [2.05, 4.69) is 6.92 Å². The molecule has 0 aliphatic heterocycles. The summed E-state index contributed by atoms with van der Waals surface area (Å²) in [5, 5.41) is 0. The maximum atomic E-state index is 2.42. The van der Waals surface area contributed by atoms with Crippen molar-refractivity contribution < 1.29 is 0 Å². The third kappa shape index (κ3) is 3.29. The van der Waals surface area contributed by atoms with Crippen LogP contribution in [0.3, 0.4) is 0 Å². The number of hydrogen-bond donors (Lipinski definition) is 0. The van der Waals surface area contributed by atoms with Gasteiger partial charge in [-0.05, 0) is 30.6 Å². The minimum Gasteiger partial charge on any atom is -0.0683 e. The molecule has 0 nitrogen and oxygen atoms in total. The third-order valence-corrected chi connectivity index (χ3v) is 4.13. The molecule has 0 bridgehead atoms. The van der Waals surface area contributed by atoms with E-state index in [1.807, 2.05) is 13.8 Å². The van der Waals surface area contributed by atoms with Crippen LogP contribution in [0.25, 0.3) is 0 Å². The molecule has 0 aromatic rings. The maximum absolute atomic E-state index is 2.42. The van der Waals surface area contributed by atoms with Crippen molar-refractivity contribution in [1.82, 2.24) is 0 Å². The lowest BCUT2D eigenvalue weighted by Crippen LogP contribution is -2.18. The van der Waals surface area contributed by atoms with Crippen LogP contribution < -0.4 is 0 Å². The molecule has 0 heterocycles. The first kappa shape index (κ1) is 12.1. The Kier molecular flexibility index (Phi) is 5.59. The van der Waals surface area contributed by atoms with Gasteiger partial charge in [0.2, 0.25) is 0 Å². The fourth-order valence-electron chi connectivity index (χ4n) is 3.19. The number of rotatable bonds is 1. The molecule has 0 amide bonds. The highest BCUT2D eigenvalue weighted by Gasteiger charge is 2.27. The summed E-state index contributed by atoms with van der Waals surface area (Å²) in [5.74, 6) is 3.30. The van der Waals surface area contributed by atoms with E-state index < -0.39 is 0 Å². The smallest absolute Gasteiger partial charge is 0.0386 e. The van der Waals surface area contributed by atoms with Gasteiger partial charge >= 0.3 is 0 Å². The first-order valence-electron chi connectivity index (χ1n) is 6.86. The Morgan fingerprint density at radius 2 is 1.07 bits per heavy atom. The van der Waals surface area contributed by atoms with Crippen LogP contribution in [-0.4, -0.2) is 0 Å². The van der Waals surface area contributed by atoms with Gasteiger partial charge in [0.25, 0.3) is 0 Å². The summed E-state index contributed by atoms with van der Waals surface area (Å²) in [7, 11) is 0. The minimum atomic E-state index is 1.03. The molecule has 14 heavy (non-hydrogen) atoms. The van der Waals surface area contributed by atoms with E-state index in [-0.39, 0.29) is 0 Å². The predicted octanol–water partition coefficient (Wildman–Crippen LogP) is 5.03. The minimum absolute atomic E-state index is 1.03. The van der Waals surface area contributed by atoms with Gasteiger partial charge in [0.15, 0.2) is 0 Å². The van der Waals surface area contributed by atoms with Gasteiger partial charge in [-0.25, -0.2) is 0 Å². The van der Waals surface area contributed by atoms with Crippen molar-refractivity contribution >= 4 is 0 Å². The van der Waals surface area contributed by atoms with Crippen LogP contribution >= 0.6 is 0 Å². The van der Waals surface area contributed by atoms with Crippen molar-refractivity contribution in [1.29, 1.82) is 0 Å². The highest BCUT2D eigenvalue weighted by atomic mass is 14.3. The molecular formula is C14H28. The number of hydrogen-bond acceptors (Lipinski definition) is 0. The standard InChI is InChI=1S/C12H22.C2H6/c1-10-6-8-12(9-7-10)11-4-2-3-5-11;1-2/h10-12H,2-9H2,1H3;1-2H3. The zero-order valence-electron chi connectivity index (χ0n) is 10.4. The third-order valence-electron chi connectivity index (χ3n) is 4.13. The molecule has 0 N–H and O–H groups in total. The summed E-state index contributed by atoms with van der Waals surface area (Å²) in [6, 6.07) is 0. The van der Waals surface area contributed by atoms with Crippen molar-refractivity contribution in [2.24, 2.45) is 17.8 Å². The maximum Gasteiger partial charge on any atom is -0.0386 e.